The minimum Gasteiger partial charge on any atom is -0.370 e. The van der Waals surface area contributed by atoms with Crippen LogP contribution in [0.5, 0.6) is 0 Å². The first-order valence-electron chi connectivity index (χ1n) is 8.95. The second kappa shape index (κ2) is 8.67. The van der Waals surface area contributed by atoms with Crippen molar-refractivity contribution in [2.75, 3.05) is 45.9 Å². The topological polar surface area (TPSA) is 80.2 Å². The maximum absolute atomic E-state index is 12.9. The summed E-state index contributed by atoms with van der Waals surface area (Å²) in [5, 5.41) is 3.38. The molecule has 2 aliphatic heterocycles. The number of nitrogens with zero attached hydrogens (tertiary/aromatic N) is 1. The number of amides is 1. The molecule has 2 N–H and O–H groups in total. The van der Waals surface area contributed by atoms with Crippen LogP contribution in [0.25, 0.3) is 0 Å². The fraction of sp³-hybridized carbons (Fsp3) is 0.588. The number of benzene rings is 1. The lowest BCUT2D eigenvalue weighted by Crippen LogP contribution is -3.14. The van der Waals surface area contributed by atoms with Gasteiger partial charge >= 0.3 is 0 Å². The van der Waals surface area contributed by atoms with Gasteiger partial charge in [-0.05, 0) is 37.1 Å². The monoisotopic (exact) mass is 402 g/mol. The molecule has 0 radical (unpaired) electrons. The first-order chi connectivity index (χ1) is 12.5. The average Bonchev–Trinajstić information content (AvgIpc) is 3.14. The smallest absolute Gasteiger partial charge is 0.243 e. The molecular weight excluding hydrogens is 378 g/mol. The third kappa shape index (κ3) is 4.55. The Balaban J connectivity index is 1.59. The number of morpholine rings is 1. The molecule has 144 valence electrons. The van der Waals surface area contributed by atoms with Gasteiger partial charge < -0.3 is 15.0 Å². The Kier molecular flexibility index (Phi) is 6.52. The number of hydrogen-bond donors (Lipinski definition) is 2. The summed E-state index contributed by atoms with van der Waals surface area (Å²) in [5.41, 5.74) is 0. The van der Waals surface area contributed by atoms with Crippen LogP contribution in [0.2, 0.25) is 5.02 Å². The molecule has 0 saturated carbocycles. The van der Waals surface area contributed by atoms with Crippen molar-refractivity contribution in [2.45, 2.75) is 23.8 Å². The molecule has 9 heteroatoms. The summed E-state index contributed by atoms with van der Waals surface area (Å²) < 4.78 is 32.4. The fourth-order valence-corrected chi connectivity index (χ4v) is 5.20. The molecule has 7 nitrogen and oxygen atoms in total. The zero-order chi connectivity index (χ0) is 18.6. The summed E-state index contributed by atoms with van der Waals surface area (Å²) in [7, 11) is -3.70. The molecule has 0 spiro atoms. The van der Waals surface area contributed by atoms with E-state index in [4.69, 9.17) is 16.3 Å². The van der Waals surface area contributed by atoms with Crippen LogP contribution >= 0.6 is 11.6 Å². The second-order valence-corrected chi connectivity index (χ2v) is 8.96. The van der Waals surface area contributed by atoms with E-state index in [1.807, 2.05) is 0 Å². The van der Waals surface area contributed by atoms with E-state index in [0.717, 1.165) is 32.8 Å². The fourth-order valence-electron chi connectivity index (χ4n) is 3.42. The van der Waals surface area contributed by atoms with E-state index in [-0.39, 0.29) is 10.8 Å². The summed E-state index contributed by atoms with van der Waals surface area (Å²) in [6.45, 7) is 5.10. The number of hydrogen-bond acceptors (Lipinski definition) is 4. The van der Waals surface area contributed by atoms with E-state index in [1.54, 1.807) is 12.1 Å². The van der Waals surface area contributed by atoms with Crippen molar-refractivity contribution in [3.05, 3.63) is 29.3 Å². The predicted molar refractivity (Wildman–Crippen MR) is 97.8 cm³/mol. The third-order valence-electron chi connectivity index (χ3n) is 4.90. The Bertz CT molecular complexity index is 720. The van der Waals surface area contributed by atoms with Crippen LogP contribution in [0, 0.1) is 0 Å². The zero-order valence-corrected chi connectivity index (χ0v) is 16.2. The number of carbonyl (C=O) groups is 1. The molecule has 1 atom stereocenters. The van der Waals surface area contributed by atoms with E-state index in [9.17, 15) is 13.2 Å². The Morgan fingerprint density at radius 1 is 1.27 bits per heavy atom. The Hall–Kier alpha value is -1.19. The van der Waals surface area contributed by atoms with E-state index in [2.05, 4.69) is 5.32 Å². The predicted octanol–water partition coefficient (Wildman–Crippen LogP) is -0.476. The van der Waals surface area contributed by atoms with Crippen molar-refractivity contribution in [1.82, 2.24) is 9.62 Å². The van der Waals surface area contributed by atoms with Gasteiger partial charge in [0.1, 0.15) is 19.1 Å². The van der Waals surface area contributed by atoms with Crippen LogP contribution in [-0.4, -0.2) is 70.6 Å². The van der Waals surface area contributed by atoms with Gasteiger partial charge in [-0.1, -0.05) is 11.6 Å². The highest BCUT2D eigenvalue weighted by molar-refractivity contribution is 7.89. The van der Waals surface area contributed by atoms with Crippen LogP contribution in [0.15, 0.2) is 29.2 Å². The van der Waals surface area contributed by atoms with Gasteiger partial charge in [0.25, 0.3) is 0 Å². The first kappa shape index (κ1) is 19.6. The van der Waals surface area contributed by atoms with Gasteiger partial charge in [-0.3, -0.25) is 4.79 Å². The molecule has 1 aromatic rings. The number of quaternary nitrogens is 1. The molecule has 0 bridgehead atoms. The van der Waals surface area contributed by atoms with E-state index in [1.165, 1.54) is 21.3 Å². The standard InChI is InChI=1S/C17H24ClN3O4S/c18-14-3-5-15(6-4-14)26(23,24)21-8-1-2-16(21)17(22)19-7-9-20-10-12-25-13-11-20/h3-6,16H,1-2,7-13H2,(H,19,22)/p+1/t16-/m1/s1. The molecule has 2 heterocycles. The SMILES string of the molecule is O=C(NCC[NH+]1CCOCC1)[C@H]1CCCN1S(=O)(=O)c1ccc(Cl)cc1. The van der Waals surface area contributed by atoms with Crippen LogP contribution in [-0.2, 0) is 19.6 Å². The molecule has 1 aromatic carbocycles. The summed E-state index contributed by atoms with van der Waals surface area (Å²) in [5.74, 6) is -0.215. The molecule has 26 heavy (non-hydrogen) atoms. The molecule has 0 aliphatic carbocycles. The van der Waals surface area contributed by atoms with Gasteiger partial charge in [0, 0.05) is 11.6 Å². The van der Waals surface area contributed by atoms with Crippen molar-refractivity contribution < 1.29 is 22.8 Å². The normalized spacial score (nSPS) is 22.4. The Labute approximate surface area is 159 Å². The number of halogens is 1. The highest BCUT2D eigenvalue weighted by atomic mass is 35.5. The molecular formula is C17H25ClN3O4S+. The molecule has 2 fully saturated rings. The van der Waals surface area contributed by atoms with E-state index >= 15 is 0 Å². The molecule has 2 saturated heterocycles. The number of ether oxygens (including phenoxy) is 1. The molecule has 2 aliphatic rings. The van der Waals surface area contributed by atoms with Crippen LogP contribution < -0.4 is 10.2 Å². The number of sulfonamides is 1. The zero-order valence-electron chi connectivity index (χ0n) is 14.6. The number of carbonyl (C=O) groups excluding carboxylic acids is 1. The van der Waals surface area contributed by atoms with E-state index in [0.29, 0.717) is 31.0 Å². The number of nitrogens with one attached hydrogen (secondary N) is 2. The Morgan fingerprint density at radius 2 is 1.96 bits per heavy atom. The quantitative estimate of drug-likeness (QED) is 0.674. The maximum Gasteiger partial charge on any atom is 0.243 e. The average molecular weight is 403 g/mol. The maximum atomic E-state index is 12.9. The minimum atomic E-state index is -3.70. The summed E-state index contributed by atoms with van der Waals surface area (Å²) in [6, 6.07) is 5.41. The van der Waals surface area contributed by atoms with Crippen molar-refractivity contribution >= 4 is 27.5 Å². The largest absolute Gasteiger partial charge is 0.370 e. The summed E-state index contributed by atoms with van der Waals surface area (Å²) in [4.78, 5) is 14.1. The second-order valence-electron chi connectivity index (χ2n) is 6.63. The van der Waals surface area contributed by atoms with Crippen molar-refractivity contribution in [1.29, 1.82) is 0 Å². The Morgan fingerprint density at radius 3 is 2.65 bits per heavy atom. The summed E-state index contributed by atoms with van der Waals surface area (Å²) in [6.07, 6.45) is 1.22. The van der Waals surface area contributed by atoms with Gasteiger partial charge in [-0.25, -0.2) is 8.42 Å². The lowest BCUT2D eigenvalue weighted by Gasteiger charge is -2.25. The van der Waals surface area contributed by atoms with Gasteiger partial charge in [-0.2, -0.15) is 4.31 Å². The molecule has 1 amide bonds. The number of rotatable bonds is 6. The van der Waals surface area contributed by atoms with Crippen LogP contribution in [0.3, 0.4) is 0 Å². The summed E-state index contributed by atoms with van der Waals surface area (Å²) >= 11 is 5.84. The molecule has 0 unspecified atom stereocenters. The van der Waals surface area contributed by atoms with Crippen LogP contribution in [0.1, 0.15) is 12.8 Å². The molecule has 3 rings (SSSR count). The van der Waals surface area contributed by atoms with Gasteiger partial charge in [-0.15, -0.1) is 0 Å². The first-order valence-corrected chi connectivity index (χ1v) is 10.8. The van der Waals surface area contributed by atoms with Crippen molar-refractivity contribution in [2.24, 2.45) is 0 Å². The minimum absolute atomic E-state index is 0.166. The van der Waals surface area contributed by atoms with Crippen LogP contribution in [0.4, 0.5) is 0 Å². The highest BCUT2D eigenvalue weighted by Gasteiger charge is 2.39. The third-order valence-corrected chi connectivity index (χ3v) is 7.08. The van der Waals surface area contributed by atoms with Gasteiger partial charge in [0.15, 0.2) is 0 Å². The molecule has 0 aromatic heterocycles. The lowest BCUT2D eigenvalue weighted by molar-refractivity contribution is -0.906. The van der Waals surface area contributed by atoms with Gasteiger partial charge in [0.2, 0.25) is 15.9 Å². The van der Waals surface area contributed by atoms with Crippen molar-refractivity contribution in [3.63, 3.8) is 0 Å². The van der Waals surface area contributed by atoms with Gasteiger partial charge in [0.05, 0.1) is 31.2 Å². The highest BCUT2D eigenvalue weighted by Crippen LogP contribution is 2.26. The van der Waals surface area contributed by atoms with Crippen molar-refractivity contribution in [3.8, 4) is 0 Å². The lowest BCUT2D eigenvalue weighted by atomic mass is 10.2. The van der Waals surface area contributed by atoms with E-state index < -0.39 is 16.1 Å².